The molecule has 0 aliphatic carbocycles. The minimum Gasteiger partial charge on any atom is -0.397 e. The van der Waals surface area contributed by atoms with Crippen molar-refractivity contribution in [2.45, 2.75) is 32.6 Å². The Bertz CT molecular complexity index is 577. The summed E-state index contributed by atoms with van der Waals surface area (Å²) in [5.41, 5.74) is 6.45. The molecule has 0 saturated heterocycles. The average Bonchev–Trinajstić information content (AvgIpc) is 2.20. The van der Waals surface area contributed by atoms with Crippen molar-refractivity contribution < 1.29 is 8.42 Å². The van der Waals surface area contributed by atoms with Gasteiger partial charge in [-0.05, 0) is 30.0 Å². The maximum atomic E-state index is 12.5. The summed E-state index contributed by atoms with van der Waals surface area (Å²) in [5, 5.41) is 0.370. The molecule has 0 aliphatic rings. The predicted molar refractivity (Wildman–Crippen MR) is 79.9 cm³/mol. The molecule has 108 valence electrons. The fraction of sp³-hybridized carbons (Fsp3) is 0.538. The minimum atomic E-state index is -3.55. The number of sulfonamides is 1. The number of hydrogen-bond donors (Lipinski definition) is 1. The van der Waals surface area contributed by atoms with Crippen LogP contribution in [0.3, 0.4) is 0 Å². The molecule has 1 aromatic carbocycles. The number of rotatable bonds is 3. The van der Waals surface area contributed by atoms with Gasteiger partial charge in [-0.2, -0.15) is 0 Å². The molecule has 0 spiro atoms. The lowest BCUT2D eigenvalue weighted by molar-refractivity contribution is 0.310. The minimum absolute atomic E-state index is 0.117. The predicted octanol–water partition coefficient (Wildman–Crippen LogP) is 2.90. The average molecular weight is 305 g/mol. The Morgan fingerprint density at radius 1 is 1.32 bits per heavy atom. The van der Waals surface area contributed by atoms with Gasteiger partial charge in [0.05, 0.1) is 15.6 Å². The van der Waals surface area contributed by atoms with E-state index in [9.17, 15) is 8.42 Å². The molecule has 0 fully saturated rings. The third-order valence-electron chi connectivity index (χ3n) is 2.68. The number of halogens is 1. The second-order valence-electron chi connectivity index (χ2n) is 5.96. The van der Waals surface area contributed by atoms with Crippen LogP contribution in [0.5, 0.6) is 0 Å². The smallest absolute Gasteiger partial charge is 0.243 e. The van der Waals surface area contributed by atoms with Gasteiger partial charge in [0.15, 0.2) is 0 Å². The second-order valence-corrected chi connectivity index (χ2v) is 8.38. The van der Waals surface area contributed by atoms with Crippen molar-refractivity contribution in [1.29, 1.82) is 0 Å². The molecule has 0 unspecified atom stereocenters. The largest absolute Gasteiger partial charge is 0.397 e. The van der Waals surface area contributed by atoms with Crippen molar-refractivity contribution in [2.75, 3.05) is 19.3 Å². The molecule has 0 saturated carbocycles. The molecule has 1 rings (SSSR count). The molecule has 0 aliphatic heterocycles. The number of nitrogens with two attached hydrogens (primary N) is 1. The molecule has 0 radical (unpaired) electrons. The van der Waals surface area contributed by atoms with Gasteiger partial charge in [0.1, 0.15) is 0 Å². The second kappa shape index (κ2) is 5.31. The van der Waals surface area contributed by atoms with E-state index in [-0.39, 0.29) is 16.0 Å². The molecular weight excluding hydrogens is 284 g/mol. The summed E-state index contributed by atoms with van der Waals surface area (Å²) in [5.74, 6) is 0. The van der Waals surface area contributed by atoms with Crippen molar-refractivity contribution >= 4 is 27.3 Å². The molecule has 0 amide bonds. The van der Waals surface area contributed by atoms with E-state index in [2.05, 4.69) is 0 Å². The molecule has 6 heteroatoms. The van der Waals surface area contributed by atoms with Crippen LogP contribution < -0.4 is 5.73 Å². The van der Waals surface area contributed by atoms with E-state index in [0.717, 1.165) is 0 Å². The highest BCUT2D eigenvalue weighted by Crippen LogP contribution is 2.29. The van der Waals surface area contributed by atoms with Crippen molar-refractivity contribution in [2.24, 2.45) is 5.41 Å². The first kappa shape index (κ1) is 16.3. The van der Waals surface area contributed by atoms with Gasteiger partial charge in [-0.1, -0.05) is 32.4 Å². The van der Waals surface area contributed by atoms with Crippen LogP contribution in [-0.2, 0) is 10.0 Å². The summed E-state index contributed by atoms with van der Waals surface area (Å²) in [4.78, 5) is 0.209. The van der Waals surface area contributed by atoms with Crippen LogP contribution in [0.2, 0.25) is 5.02 Å². The van der Waals surface area contributed by atoms with Crippen molar-refractivity contribution in [3.05, 3.63) is 22.7 Å². The monoisotopic (exact) mass is 304 g/mol. The fourth-order valence-electron chi connectivity index (χ4n) is 1.87. The van der Waals surface area contributed by atoms with E-state index in [1.165, 1.54) is 10.4 Å². The van der Waals surface area contributed by atoms with E-state index in [1.54, 1.807) is 20.0 Å². The maximum Gasteiger partial charge on any atom is 0.243 e. The Morgan fingerprint density at radius 3 is 2.32 bits per heavy atom. The Hall–Kier alpha value is -0.780. The number of hydrogen-bond acceptors (Lipinski definition) is 3. The number of nitrogens with zero attached hydrogens (tertiary/aromatic N) is 1. The molecule has 2 N–H and O–H groups in total. The lowest BCUT2D eigenvalue weighted by atomic mass is 9.97. The van der Waals surface area contributed by atoms with Crippen LogP contribution >= 0.6 is 11.6 Å². The highest BCUT2D eigenvalue weighted by atomic mass is 35.5. The standard InChI is InChI=1S/C13H21ClN2O2S/c1-9-6-10(14)11(15)7-12(9)19(17,18)16(5)8-13(2,3)4/h6-7H,8,15H2,1-5H3. The van der Waals surface area contributed by atoms with Gasteiger partial charge in [0, 0.05) is 13.6 Å². The maximum absolute atomic E-state index is 12.5. The summed E-state index contributed by atoms with van der Waals surface area (Å²) in [6, 6.07) is 3.00. The van der Waals surface area contributed by atoms with Crippen molar-refractivity contribution in [3.8, 4) is 0 Å². The summed E-state index contributed by atoms with van der Waals surface area (Å²) in [7, 11) is -1.97. The molecule has 19 heavy (non-hydrogen) atoms. The fourth-order valence-corrected chi connectivity index (χ4v) is 3.72. The van der Waals surface area contributed by atoms with E-state index < -0.39 is 10.0 Å². The summed E-state index contributed by atoms with van der Waals surface area (Å²) < 4.78 is 26.4. The summed E-state index contributed by atoms with van der Waals surface area (Å²) >= 11 is 5.89. The summed E-state index contributed by atoms with van der Waals surface area (Å²) in [6.45, 7) is 8.10. The lowest BCUT2D eigenvalue weighted by Gasteiger charge is -2.26. The Morgan fingerprint density at radius 2 is 1.84 bits per heavy atom. The Kier molecular flexibility index (Phi) is 4.55. The first-order chi connectivity index (χ1) is 8.45. The topological polar surface area (TPSA) is 63.4 Å². The number of benzene rings is 1. The zero-order valence-electron chi connectivity index (χ0n) is 12.0. The van der Waals surface area contributed by atoms with Crippen LogP contribution in [-0.4, -0.2) is 26.3 Å². The molecule has 0 aromatic heterocycles. The Labute approximate surface area is 120 Å². The molecular formula is C13H21ClN2O2S. The molecule has 1 aromatic rings. The molecule has 4 nitrogen and oxygen atoms in total. The quantitative estimate of drug-likeness (QED) is 0.873. The number of aryl methyl sites for hydroxylation is 1. The highest BCUT2D eigenvalue weighted by Gasteiger charge is 2.27. The first-order valence-corrected chi connectivity index (χ1v) is 7.79. The molecule has 0 heterocycles. The normalized spacial score (nSPS) is 13.0. The first-order valence-electron chi connectivity index (χ1n) is 5.97. The van der Waals surface area contributed by atoms with Crippen molar-refractivity contribution in [1.82, 2.24) is 4.31 Å². The highest BCUT2D eigenvalue weighted by molar-refractivity contribution is 7.89. The zero-order chi connectivity index (χ0) is 15.0. The lowest BCUT2D eigenvalue weighted by Crippen LogP contribution is -2.34. The van der Waals surface area contributed by atoms with Crippen LogP contribution in [0, 0.1) is 12.3 Å². The van der Waals surface area contributed by atoms with E-state index in [1.807, 2.05) is 20.8 Å². The Balaban J connectivity index is 3.25. The molecule has 0 atom stereocenters. The third kappa shape index (κ3) is 3.84. The molecule has 0 bridgehead atoms. The van der Waals surface area contributed by atoms with Crippen LogP contribution in [0.15, 0.2) is 17.0 Å². The van der Waals surface area contributed by atoms with Gasteiger partial charge in [-0.25, -0.2) is 12.7 Å². The van der Waals surface area contributed by atoms with E-state index in [0.29, 0.717) is 17.1 Å². The number of anilines is 1. The zero-order valence-corrected chi connectivity index (χ0v) is 13.6. The van der Waals surface area contributed by atoms with Crippen LogP contribution in [0.4, 0.5) is 5.69 Å². The van der Waals surface area contributed by atoms with Crippen LogP contribution in [0.1, 0.15) is 26.3 Å². The summed E-state index contributed by atoms with van der Waals surface area (Å²) in [6.07, 6.45) is 0. The SMILES string of the molecule is Cc1cc(Cl)c(N)cc1S(=O)(=O)N(C)CC(C)(C)C. The van der Waals surface area contributed by atoms with Gasteiger partial charge < -0.3 is 5.73 Å². The third-order valence-corrected chi connectivity index (χ3v) is 4.95. The van der Waals surface area contributed by atoms with E-state index >= 15 is 0 Å². The van der Waals surface area contributed by atoms with Gasteiger partial charge in [0.25, 0.3) is 0 Å². The van der Waals surface area contributed by atoms with E-state index in [4.69, 9.17) is 17.3 Å². The van der Waals surface area contributed by atoms with Crippen molar-refractivity contribution in [3.63, 3.8) is 0 Å². The van der Waals surface area contributed by atoms with Gasteiger partial charge >= 0.3 is 0 Å². The van der Waals surface area contributed by atoms with Gasteiger partial charge in [-0.15, -0.1) is 0 Å². The van der Waals surface area contributed by atoms with Gasteiger partial charge in [-0.3, -0.25) is 0 Å². The number of nitrogen functional groups attached to an aromatic ring is 1. The van der Waals surface area contributed by atoms with Gasteiger partial charge in [0.2, 0.25) is 10.0 Å². The van der Waals surface area contributed by atoms with Crippen LogP contribution in [0.25, 0.3) is 0 Å².